The van der Waals surface area contributed by atoms with E-state index < -0.39 is 23.7 Å². The maximum Gasteiger partial charge on any atom is 0.410 e. The van der Waals surface area contributed by atoms with Crippen molar-refractivity contribution in [3.8, 4) is 16.9 Å². The Labute approximate surface area is 250 Å². The van der Waals surface area contributed by atoms with E-state index in [1.807, 2.05) is 13.8 Å². The standard InChI is InChI=1S/C30H30ClF3N6O3/c1-15(2)10-21-25(26(35)41)24(20-13-37-40(27(20)38-21)16(3)30(32,33)34)17-6-9-22-23(11-17)43-29(4,5)28(42)39(22)14-19-8-7-18(31)12-36-19/h6-9,11-13,15-16H,10,14H2,1-5H3,(H2,35,41)/t16-/m0/s1. The molecule has 226 valence electrons. The molecule has 1 aliphatic heterocycles. The minimum Gasteiger partial charge on any atom is -0.476 e. The summed E-state index contributed by atoms with van der Waals surface area (Å²) in [5.41, 5.74) is 6.76. The number of primary amides is 1. The zero-order chi connectivity index (χ0) is 31.4. The Morgan fingerprint density at radius 2 is 1.86 bits per heavy atom. The van der Waals surface area contributed by atoms with Gasteiger partial charge in [-0.1, -0.05) is 31.5 Å². The fourth-order valence-electron chi connectivity index (χ4n) is 5.17. The van der Waals surface area contributed by atoms with E-state index in [9.17, 15) is 22.8 Å². The number of hydrogen-bond donors (Lipinski definition) is 1. The smallest absolute Gasteiger partial charge is 0.410 e. The number of amides is 2. The van der Waals surface area contributed by atoms with E-state index in [2.05, 4.69) is 15.1 Å². The maximum absolute atomic E-state index is 13.8. The van der Waals surface area contributed by atoms with E-state index in [-0.39, 0.29) is 47.1 Å². The predicted octanol–water partition coefficient (Wildman–Crippen LogP) is 6.27. The van der Waals surface area contributed by atoms with Crippen LogP contribution in [0, 0.1) is 5.92 Å². The summed E-state index contributed by atoms with van der Waals surface area (Å²) in [7, 11) is 0. The molecule has 43 heavy (non-hydrogen) atoms. The summed E-state index contributed by atoms with van der Waals surface area (Å²) in [6, 6.07) is 6.41. The molecule has 0 saturated heterocycles. The van der Waals surface area contributed by atoms with Crippen molar-refractivity contribution in [1.82, 2.24) is 19.7 Å². The molecule has 0 saturated carbocycles. The summed E-state index contributed by atoms with van der Waals surface area (Å²) in [6.07, 6.45) is -1.54. The third-order valence-electron chi connectivity index (χ3n) is 7.28. The fraction of sp³-hybridized carbons (Fsp3) is 0.367. The van der Waals surface area contributed by atoms with Crippen LogP contribution in [0.15, 0.2) is 42.7 Å². The zero-order valence-electron chi connectivity index (χ0n) is 24.2. The molecule has 4 aromatic rings. The highest BCUT2D eigenvalue weighted by molar-refractivity contribution is 6.30. The Morgan fingerprint density at radius 3 is 2.47 bits per heavy atom. The first-order valence-electron chi connectivity index (χ1n) is 13.6. The molecule has 4 heterocycles. The number of benzene rings is 1. The minimum atomic E-state index is -4.58. The number of aromatic nitrogens is 4. The number of anilines is 1. The molecule has 1 atom stereocenters. The number of carbonyl (C=O) groups is 2. The van der Waals surface area contributed by atoms with Crippen LogP contribution in [-0.4, -0.2) is 43.3 Å². The van der Waals surface area contributed by atoms with Crippen molar-refractivity contribution in [2.75, 3.05) is 4.90 Å². The van der Waals surface area contributed by atoms with Gasteiger partial charge in [-0.25, -0.2) is 9.67 Å². The second-order valence-corrected chi connectivity index (χ2v) is 11.9. The molecule has 0 unspecified atom stereocenters. The Balaban J connectivity index is 1.73. The minimum absolute atomic E-state index is 0.0148. The fourth-order valence-corrected chi connectivity index (χ4v) is 5.29. The number of pyridine rings is 2. The number of fused-ring (bicyclic) bond motifs is 2. The number of carbonyl (C=O) groups excluding carboxylic acids is 2. The van der Waals surface area contributed by atoms with Gasteiger partial charge in [-0.05, 0) is 62.9 Å². The van der Waals surface area contributed by atoms with E-state index in [1.54, 1.807) is 49.1 Å². The second kappa shape index (κ2) is 10.8. The number of rotatable bonds is 7. The highest BCUT2D eigenvalue weighted by Crippen LogP contribution is 2.44. The Morgan fingerprint density at radius 1 is 1.14 bits per heavy atom. The quantitative estimate of drug-likeness (QED) is 0.262. The van der Waals surface area contributed by atoms with Crippen molar-refractivity contribution >= 4 is 40.1 Å². The average Bonchev–Trinajstić information content (AvgIpc) is 3.33. The lowest BCUT2D eigenvalue weighted by Gasteiger charge is -2.39. The van der Waals surface area contributed by atoms with Gasteiger partial charge in [-0.3, -0.25) is 19.5 Å². The van der Waals surface area contributed by atoms with Crippen LogP contribution >= 0.6 is 11.6 Å². The lowest BCUT2D eigenvalue weighted by atomic mass is 9.92. The maximum atomic E-state index is 13.8. The van der Waals surface area contributed by atoms with E-state index in [0.717, 1.165) is 11.6 Å². The van der Waals surface area contributed by atoms with Crippen LogP contribution in [-0.2, 0) is 17.8 Å². The molecule has 0 radical (unpaired) electrons. The van der Waals surface area contributed by atoms with E-state index >= 15 is 0 Å². The zero-order valence-corrected chi connectivity index (χ0v) is 24.9. The number of nitrogens with two attached hydrogens (primary N) is 1. The van der Waals surface area contributed by atoms with Gasteiger partial charge in [-0.2, -0.15) is 18.3 Å². The van der Waals surface area contributed by atoms with Crippen LogP contribution < -0.4 is 15.4 Å². The molecule has 3 aromatic heterocycles. The molecule has 0 bridgehead atoms. The molecule has 0 fully saturated rings. The third-order valence-corrected chi connectivity index (χ3v) is 7.50. The van der Waals surface area contributed by atoms with Crippen LogP contribution in [0.5, 0.6) is 5.75 Å². The Kier molecular flexibility index (Phi) is 7.62. The molecule has 0 spiro atoms. The highest BCUT2D eigenvalue weighted by atomic mass is 35.5. The molecular weight excluding hydrogens is 585 g/mol. The van der Waals surface area contributed by atoms with Crippen LogP contribution in [0.4, 0.5) is 18.9 Å². The first-order chi connectivity index (χ1) is 20.1. The van der Waals surface area contributed by atoms with Gasteiger partial charge in [0.2, 0.25) is 0 Å². The van der Waals surface area contributed by atoms with Crippen molar-refractivity contribution in [3.05, 3.63) is 64.7 Å². The lowest BCUT2D eigenvalue weighted by Crippen LogP contribution is -2.52. The summed E-state index contributed by atoms with van der Waals surface area (Å²) in [6.45, 7) is 8.21. The number of halogens is 4. The summed E-state index contributed by atoms with van der Waals surface area (Å²) < 4.78 is 48.2. The van der Waals surface area contributed by atoms with E-state index in [4.69, 9.17) is 22.1 Å². The first kappa shape index (κ1) is 30.3. The van der Waals surface area contributed by atoms with Gasteiger partial charge >= 0.3 is 6.18 Å². The van der Waals surface area contributed by atoms with Crippen molar-refractivity contribution in [3.63, 3.8) is 0 Å². The van der Waals surface area contributed by atoms with Crippen LogP contribution in [0.1, 0.15) is 62.4 Å². The molecule has 2 amide bonds. The van der Waals surface area contributed by atoms with Crippen LogP contribution in [0.2, 0.25) is 5.02 Å². The van der Waals surface area contributed by atoms with Gasteiger partial charge in [-0.15, -0.1) is 0 Å². The van der Waals surface area contributed by atoms with Gasteiger partial charge in [0, 0.05) is 17.1 Å². The molecule has 1 aromatic carbocycles. The van der Waals surface area contributed by atoms with Gasteiger partial charge in [0.1, 0.15) is 11.8 Å². The van der Waals surface area contributed by atoms with Gasteiger partial charge < -0.3 is 10.5 Å². The normalized spacial score (nSPS) is 15.5. The van der Waals surface area contributed by atoms with Crippen LogP contribution in [0.25, 0.3) is 22.2 Å². The molecular formula is C30H30ClF3N6O3. The molecule has 1 aliphatic rings. The number of ether oxygens (including phenoxy) is 1. The van der Waals surface area contributed by atoms with Gasteiger partial charge in [0.25, 0.3) is 11.8 Å². The summed E-state index contributed by atoms with van der Waals surface area (Å²) in [5.74, 6) is -0.726. The summed E-state index contributed by atoms with van der Waals surface area (Å²) >= 11 is 5.98. The largest absolute Gasteiger partial charge is 0.476 e. The Bertz CT molecular complexity index is 1730. The SMILES string of the molecule is CC(C)Cc1nc2c(cnn2[C@@H](C)C(F)(F)F)c(-c2ccc3c(c2)OC(C)(C)C(=O)N3Cc2ccc(Cl)cn2)c1C(N)=O. The topological polar surface area (TPSA) is 116 Å². The van der Waals surface area contributed by atoms with E-state index in [0.29, 0.717) is 33.3 Å². The molecule has 5 rings (SSSR count). The van der Waals surface area contributed by atoms with E-state index in [1.165, 1.54) is 12.4 Å². The number of hydrogen-bond acceptors (Lipinski definition) is 6. The van der Waals surface area contributed by atoms with Crippen molar-refractivity contribution < 1.29 is 27.5 Å². The number of nitrogens with zero attached hydrogens (tertiary/aromatic N) is 5. The molecule has 13 heteroatoms. The number of alkyl halides is 3. The van der Waals surface area contributed by atoms with Crippen LogP contribution in [0.3, 0.4) is 0 Å². The van der Waals surface area contributed by atoms with Gasteiger partial charge in [0.15, 0.2) is 11.2 Å². The average molecular weight is 615 g/mol. The third kappa shape index (κ3) is 5.63. The summed E-state index contributed by atoms with van der Waals surface area (Å²) in [4.78, 5) is 36.7. The molecule has 0 aliphatic carbocycles. The van der Waals surface area contributed by atoms with Crippen molar-refractivity contribution in [2.45, 2.75) is 65.4 Å². The highest BCUT2D eigenvalue weighted by Gasteiger charge is 2.42. The molecule has 2 N–H and O–H groups in total. The van der Waals surface area contributed by atoms with Crippen molar-refractivity contribution in [2.24, 2.45) is 11.7 Å². The summed E-state index contributed by atoms with van der Waals surface area (Å²) in [5, 5.41) is 4.72. The monoisotopic (exact) mass is 614 g/mol. The Hall–Kier alpha value is -4.19. The lowest BCUT2D eigenvalue weighted by molar-refractivity contribution is -0.164. The molecule has 9 nitrogen and oxygen atoms in total. The van der Waals surface area contributed by atoms with Gasteiger partial charge in [0.05, 0.1) is 40.4 Å². The van der Waals surface area contributed by atoms with Crippen molar-refractivity contribution in [1.29, 1.82) is 0 Å². The first-order valence-corrected chi connectivity index (χ1v) is 14.0. The second-order valence-electron chi connectivity index (χ2n) is 11.5. The predicted molar refractivity (Wildman–Crippen MR) is 156 cm³/mol.